The molecule has 0 unspecified atom stereocenters. The largest absolute Gasteiger partial charge is 0.173 e. The highest BCUT2D eigenvalue weighted by molar-refractivity contribution is 6.88. The molecular weight excluding hydrogens is 170 g/mol. The molecule has 42 valence electrons. The second kappa shape index (κ2) is 2.97. The van der Waals surface area contributed by atoms with E-state index in [4.69, 9.17) is 34.8 Å². The predicted molar refractivity (Wildman–Crippen MR) is 39.0 cm³/mol. The van der Waals surface area contributed by atoms with Crippen molar-refractivity contribution in [2.24, 2.45) is 0 Å². The van der Waals surface area contributed by atoms with Crippen LogP contribution in [0.5, 0.6) is 0 Å². The van der Waals surface area contributed by atoms with Crippen LogP contribution in [0, 0.1) is 0 Å². The van der Waals surface area contributed by atoms with E-state index >= 15 is 0 Å². The van der Waals surface area contributed by atoms with Gasteiger partial charge in [0.15, 0.2) is 3.42 Å². The van der Waals surface area contributed by atoms with E-state index in [1.54, 1.807) is 5.70 Å². The van der Waals surface area contributed by atoms with Gasteiger partial charge in [-0.2, -0.15) is 0 Å². The topological polar surface area (TPSA) is 0 Å². The molecule has 0 radical (unpaired) electrons. The van der Waals surface area contributed by atoms with E-state index in [9.17, 15) is 0 Å². The van der Waals surface area contributed by atoms with Crippen molar-refractivity contribution in [2.75, 3.05) is 0 Å². The molecule has 0 saturated heterocycles. The van der Waals surface area contributed by atoms with Gasteiger partial charge in [-0.25, -0.2) is 0 Å². The summed E-state index contributed by atoms with van der Waals surface area (Å²) in [5, 5.41) is 0. The summed E-state index contributed by atoms with van der Waals surface area (Å²) < 4.78 is -1.01. The molecule has 4 heteroatoms. The van der Waals surface area contributed by atoms with Crippen LogP contribution in [-0.2, 0) is 0 Å². The normalized spacial score (nSPS) is 13.0. The first-order chi connectivity index (χ1) is 3.06. The summed E-state index contributed by atoms with van der Waals surface area (Å²) >= 11 is 16.1. The summed E-state index contributed by atoms with van der Waals surface area (Å²) in [5.74, 6) is 0. The predicted octanol–water partition coefficient (Wildman–Crippen LogP) is 1.63. The van der Waals surface area contributed by atoms with Crippen molar-refractivity contribution in [1.29, 1.82) is 0 Å². The fraction of sp³-hybridized carbons (Fsp3) is 0.333. The van der Waals surface area contributed by atoms with E-state index < -0.39 is 12.9 Å². The first-order valence-corrected chi connectivity index (χ1v) is 4.39. The molecule has 0 heterocycles. The Hall–Kier alpha value is 0.827. The highest BCUT2D eigenvalue weighted by atomic mass is 35.6. The lowest BCUT2D eigenvalue weighted by Crippen LogP contribution is -2.10. The summed E-state index contributed by atoms with van der Waals surface area (Å²) in [7, 11) is -0.680. The Morgan fingerprint density at radius 3 is 1.86 bits per heavy atom. The molecule has 0 rings (SSSR count). The molecule has 0 bridgehead atoms. The molecule has 0 aliphatic rings. The first kappa shape index (κ1) is 7.83. The van der Waals surface area contributed by atoms with Gasteiger partial charge in [-0.1, -0.05) is 34.8 Å². The molecule has 0 spiro atoms. The third-order valence-electron chi connectivity index (χ3n) is 0.376. The fourth-order valence-electron chi connectivity index (χ4n) is 0.164. The standard InChI is InChI=1S/C3H5Cl3Si/c1-2-7-3(4,5)6/h2H,1,7H2. The highest BCUT2D eigenvalue weighted by Gasteiger charge is 2.16. The minimum atomic E-state index is -1.01. The monoisotopic (exact) mass is 174 g/mol. The van der Waals surface area contributed by atoms with Crippen molar-refractivity contribution >= 4 is 44.3 Å². The van der Waals surface area contributed by atoms with Gasteiger partial charge in [-0.3, -0.25) is 0 Å². The first-order valence-electron chi connectivity index (χ1n) is 1.74. The van der Waals surface area contributed by atoms with Crippen LogP contribution in [0.1, 0.15) is 0 Å². The van der Waals surface area contributed by atoms with Gasteiger partial charge in [0.25, 0.3) is 0 Å². The van der Waals surface area contributed by atoms with Gasteiger partial charge in [0.2, 0.25) is 0 Å². The minimum Gasteiger partial charge on any atom is -0.107 e. The lowest BCUT2D eigenvalue weighted by Gasteiger charge is -2.03. The van der Waals surface area contributed by atoms with Crippen molar-refractivity contribution < 1.29 is 0 Å². The smallest absolute Gasteiger partial charge is 0.107 e. The number of rotatable bonds is 1. The average molecular weight is 176 g/mol. The second-order valence-electron chi connectivity index (χ2n) is 1.11. The molecule has 7 heavy (non-hydrogen) atoms. The van der Waals surface area contributed by atoms with Crippen LogP contribution in [0.25, 0.3) is 0 Å². The quantitative estimate of drug-likeness (QED) is 0.420. The van der Waals surface area contributed by atoms with Crippen molar-refractivity contribution in [2.45, 2.75) is 3.42 Å². The summed E-state index contributed by atoms with van der Waals surface area (Å²) in [5.41, 5.74) is 1.70. The van der Waals surface area contributed by atoms with Crippen LogP contribution in [0.2, 0.25) is 0 Å². The Labute approximate surface area is 60.3 Å². The summed E-state index contributed by atoms with van der Waals surface area (Å²) in [6.07, 6.45) is 0. The van der Waals surface area contributed by atoms with Crippen LogP contribution in [0.15, 0.2) is 12.3 Å². The van der Waals surface area contributed by atoms with E-state index in [2.05, 4.69) is 6.58 Å². The molecule has 0 N–H and O–H groups in total. The van der Waals surface area contributed by atoms with E-state index in [0.717, 1.165) is 0 Å². The van der Waals surface area contributed by atoms with Crippen molar-refractivity contribution in [3.05, 3.63) is 12.3 Å². The maximum Gasteiger partial charge on any atom is 0.173 e. The molecule has 0 aliphatic carbocycles. The number of halogens is 3. The van der Waals surface area contributed by atoms with Gasteiger partial charge in [-0.15, -0.1) is 12.3 Å². The molecule has 0 aromatic carbocycles. The Morgan fingerprint density at radius 1 is 1.43 bits per heavy atom. The molecule has 0 amide bonds. The summed E-state index contributed by atoms with van der Waals surface area (Å²) in [6, 6.07) is 0. The van der Waals surface area contributed by atoms with Gasteiger partial charge >= 0.3 is 0 Å². The number of alkyl halides is 3. The van der Waals surface area contributed by atoms with Crippen LogP contribution >= 0.6 is 34.8 Å². The Morgan fingerprint density at radius 2 is 1.86 bits per heavy atom. The Balaban J connectivity index is 3.34. The zero-order valence-corrected chi connectivity index (χ0v) is 7.31. The van der Waals surface area contributed by atoms with Gasteiger partial charge in [0.05, 0.1) is 0 Å². The molecule has 0 atom stereocenters. The van der Waals surface area contributed by atoms with E-state index in [1.807, 2.05) is 0 Å². The van der Waals surface area contributed by atoms with Crippen molar-refractivity contribution in [3.63, 3.8) is 0 Å². The maximum absolute atomic E-state index is 5.35. The van der Waals surface area contributed by atoms with Crippen LogP contribution in [0.3, 0.4) is 0 Å². The molecule has 0 nitrogen and oxygen atoms in total. The Kier molecular flexibility index (Phi) is 3.33. The lowest BCUT2D eigenvalue weighted by molar-refractivity contribution is 1.71. The number of hydrogen-bond donors (Lipinski definition) is 0. The average Bonchev–Trinajstić information content (AvgIpc) is 1.30. The van der Waals surface area contributed by atoms with Crippen molar-refractivity contribution in [3.8, 4) is 0 Å². The molecule has 0 aromatic heterocycles. The van der Waals surface area contributed by atoms with Gasteiger partial charge in [0.1, 0.15) is 9.52 Å². The summed E-state index contributed by atoms with van der Waals surface area (Å²) in [6.45, 7) is 3.45. The third kappa shape index (κ3) is 6.83. The van der Waals surface area contributed by atoms with Crippen LogP contribution in [0.4, 0.5) is 0 Å². The van der Waals surface area contributed by atoms with Gasteiger partial charge < -0.3 is 0 Å². The number of hydrogen-bond acceptors (Lipinski definition) is 0. The maximum atomic E-state index is 5.35. The molecule has 0 saturated carbocycles. The van der Waals surface area contributed by atoms with E-state index in [1.165, 1.54) is 0 Å². The van der Waals surface area contributed by atoms with Crippen LogP contribution in [-0.4, -0.2) is 12.9 Å². The molecular formula is C3H5Cl3Si. The minimum absolute atomic E-state index is 0.680. The van der Waals surface area contributed by atoms with Crippen molar-refractivity contribution in [1.82, 2.24) is 0 Å². The zero-order valence-electron chi connectivity index (χ0n) is 3.63. The highest BCUT2D eigenvalue weighted by Crippen LogP contribution is 2.23. The van der Waals surface area contributed by atoms with Crippen LogP contribution < -0.4 is 0 Å². The van der Waals surface area contributed by atoms with Gasteiger partial charge in [0, 0.05) is 0 Å². The zero-order chi connectivity index (χ0) is 5.91. The van der Waals surface area contributed by atoms with E-state index in [-0.39, 0.29) is 0 Å². The van der Waals surface area contributed by atoms with E-state index in [0.29, 0.717) is 0 Å². The SMILES string of the molecule is C=C[SiH2]C(Cl)(Cl)Cl. The fourth-order valence-corrected chi connectivity index (χ4v) is 1.47. The van der Waals surface area contributed by atoms with Gasteiger partial charge in [-0.05, 0) is 0 Å². The Bertz CT molecular complexity index is 65.1. The lowest BCUT2D eigenvalue weighted by atomic mass is 11.3. The molecule has 0 fully saturated rings. The molecule has 0 aliphatic heterocycles. The third-order valence-corrected chi connectivity index (χ3v) is 2.52. The second-order valence-corrected chi connectivity index (χ2v) is 7.01. The molecule has 0 aromatic rings. The summed E-state index contributed by atoms with van der Waals surface area (Å²) in [4.78, 5) is 0.